The Hall–Kier alpha value is -1.53. The Balaban J connectivity index is 1.69. The molecule has 4 nitrogen and oxygen atoms in total. The van der Waals surface area contributed by atoms with Crippen LogP contribution in [-0.4, -0.2) is 29.6 Å². The van der Waals surface area contributed by atoms with Gasteiger partial charge in [-0.3, -0.25) is 4.79 Å². The summed E-state index contributed by atoms with van der Waals surface area (Å²) in [6.07, 6.45) is 3.69. The van der Waals surface area contributed by atoms with Gasteiger partial charge in [-0.25, -0.2) is 0 Å². The Morgan fingerprint density at radius 1 is 1.33 bits per heavy atom. The van der Waals surface area contributed by atoms with Gasteiger partial charge in [0.2, 0.25) is 0 Å². The molecule has 0 N–H and O–H groups in total. The molecule has 0 aliphatic carbocycles. The molecule has 1 saturated heterocycles. The lowest BCUT2D eigenvalue weighted by atomic mass is 10.2. The van der Waals surface area contributed by atoms with Crippen LogP contribution in [0.2, 0.25) is 0 Å². The maximum absolute atomic E-state index is 12.5. The number of thiophene rings is 1. The number of hydrogen-bond acceptors (Lipinski definition) is 4. The highest BCUT2D eigenvalue weighted by Crippen LogP contribution is 2.36. The minimum absolute atomic E-state index is 0.0485. The molecule has 3 rings (SSSR count). The van der Waals surface area contributed by atoms with Gasteiger partial charge in [0.15, 0.2) is 12.4 Å². The Morgan fingerprint density at radius 3 is 3.00 bits per heavy atom. The number of hydrogen-bond donors (Lipinski definition) is 0. The van der Waals surface area contributed by atoms with Gasteiger partial charge in [-0.2, -0.15) is 16.5 Å². The predicted molar refractivity (Wildman–Crippen MR) is 85.4 cm³/mol. The summed E-state index contributed by atoms with van der Waals surface area (Å²) in [6, 6.07) is 7.55. The topological polar surface area (TPSA) is 47.2 Å². The zero-order valence-corrected chi connectivity index (χ0v) is 13.1. The molecule has 1 aliphatic heterocycles. The number of rotatable bonds is 2. The lowest BCUT2D eigenvalue weighted by Gasteiger charge is -2.19. The third kappa shape index (κ3) is 3.39. The van der Waals surface area contributed by atoms with E-state index < -0.39 is 0 Å². The van der Waals surface area contributed by atoms with E-state index in [1.165, 1.54) is 17.3 Å². The Kier molecular flexibility index (Phi) is 4.45. The fraction of sp³-hybridized carbons (Fsp3) is 0.333. The molecule has 2 aromatic rings. The van der Waals surface area contributed by atoms with E-state index in [9.17, 15) is 10.0 Å². The first kappa shape index (κ1) is 14.4. The molecule has 0 saturated carbocycles. The first-order valence-corrected chi connectivity index (χ1v) is 8.80. The van der Waals surface area contributed by atoms with Crippen molar-refractivity contribution >= 4 is 29.0 Å². The summed E-state index contributed by atoms with van der Waals surface area (Å²) >= 11 is 3.69. The average molecular weight is 320 g/mol. The molecule has 21 heavy (non-hydrogen) atoms. The van der Waals surface area contributed by atoms with Gasteiger partial charge in [0.05, 0.1) is 0 Å². The highest BCUT2D eigenvalue weighted by Gasteiger charge is 2.24. The van der Waals surface area contributed by atoms with Gasteiger partial charge in [-0.05, 0) is 23.9 Å². The molecule has 3 heterocycles. The van der Waals surface area contributed by atoms with Crippen LogP contribution in [-0.2, 0) is 0 Å². The second kappa shape index (κ2) is 6.49. The van der Waals surface area contributed by atoms with Crippen molar-refractivity contribution in [2.75, 3.05) is 18.8 Å². The quantitative estimate of drug-likeness (QED) is 0.631. The van der Waals surface area contributed by atoms with E-state index in [1.54, 1.807) is 23.5 Å². The zero-order chi connectivity index (χ0) is 14.7. The number of carbonyl (C=O) groups is 1. The molecular formula is C15H16N2O2S2. The second-order valence-corrected chi connectivity index (χ2v) is 7.20. The molecular weight excluding hydrogens is 304 g/mol. The number of thioether (sulfide) groups is 1. The molecule has 1 atom stereocenters. The highest BCUT2D eigenvalue weighted by molar-refractivity contribution is 7.99. The molecule has 0 radical (unpaired) electrons. The van der Waals surface area contributed by atoms with Crippen LogP contribution in [0.3, 0.4) is 0 Å². The van der Waals surface area contributed by atoms with Crippen molar-refractivity contribution < 1.29 is 9.52 Å². The normalized spacial score (nSPS) is 19.2. The van der Waals surface area contributed by atoms with E-state index in [-0.39, 0.29) is 5.91 Å². The molecule has 1 fully saturated rings. The van der Waals surface area contributed by atoms with E-state index in [1.807, 2.05) is 16.7 Å². The molecule has 6 heteroatoms. The monoisotopic (exact) mass is 320 g/mol. The molecule has 1 unspecified atom stereocenters. The lowest BCUT2D eigenvalue weighted by Crippen LogP contribution is -2.35. The van der Waals surface area contributed by atoms with Crippen LogP contribution in [0.5, 0.6) is 0 Å². The summed E-state index contributed by atoms with van der Waals surface area (Å²) in [4.78, 5) is 15.7. The van der Waals surface area contributed by atoms with Crippen LogP contribution < -0.4 is 4.73 Å². The summed E-state index contributed by atoms with van der Waals surface area (Å²) < 4.78 is 0.675. The van der Waals surface area contributed by atoms with Gasteiger partial charge in [-0.1, -0.05) is 6.07 Å². The molecule has 1 aliphatic rings. The summed E-state index contributed by atoms with van der Waals surface area (Å²) in [7, 11) is 0. The predicted octanol–water partition coefficient (Wildman–Crippen LogP) is 2.70. The van der Waals surface area contributed by atoms with Crippen molar-refractivity contribution in [1.29, 1.82) is 0 Å². The van der Waals surface area contributed by atoms with Gasteiger partial charge < -0.3 is 10.1 Å². The maximum Gasteiger partial charge on any atom is 0.259 e. The van der Waals surface area contributed by atoms with Gasteiger partial charge in [-0.15, -0.1) is 11.3 Å². The minimum atomic E-state index is -0.0485. The van der Waals surface area contributed by atoms with E-state index >= 15 is 0 Å². The minimum Gasteiger partial charge on any atom is -0.619 e. The Morgan fingerprint density at radius 2 is 2.24 bits per heavy atom. The Labute approximate surface area is 132 Å². The lowest BCUT2D eigenvalue weighted by molar-refractivity contribution is -0.605. The molecule has 110 valence electrons. The van der Waals surface area contributed by atoms with E-state index in [4.69, 9.17) is 0 Å². The van der Waals surface area contributed by atoms with Gasteiger partial charge in [0, 0.05) is 35.0 Å². The summed E-state index contributed by atoms with van der Waals surface area (Å²) in [5.74, 6) is 0.881. The largest absolute Gasteiger partial charge is 0.619 e. The molecule has 2 aromatic heterocycles. The third-order valence-corrected chi connectivity index (χ3v) is 5.96. The van der Waals surface area contributed by atoms with Crippen LogP contribution in [0, 0.1) is 5.21 Å². The average Bonchev–Trinajstić information content (AvgIpc) is 2.91. The van der Waals surface area contributed by atoms with Crippen molar-refractivity contribution in [1.82, 2.24) is 4.90 Å². The number of amides is 1. The fourth-order valence-electron chi connectivity index (χ4n) is 2.44. The van der Waals surface area contributed by atoms with Crippen molar-refractivity contribution in [3.8, 4) is 0 Å². The zero-order valence-electron chi connectivity index (χ0n) is 11.5. The SMILES string of the molecule is O=C(c1ccc[n+]([O-])c1)N1CCSC(c2cccs2)CC1. The van der Waals surface area contributed by atoms with Crippen LogP contribution in [0.15, 0.2) is 42.0 Å². The van der Waals surface area contributed by atoms with Crippen LogP contribution >= 0.6 is 23.1 Å². The molecule has 1 amide bonds. The van der Waals surface area contributed by atoms with Crippen LogP contribution in [0.1, 0.15) is 26.9 Å². The molecule has 0 bridgehead atoms. The number of pyridine rings is 1. The molecule has 0 aromatic carbocycles. The summed E-state index contributed by atoms with van der Waals surface area (Å²) in [6.45, 7) is 1.47. The second-order valence-electron chi connectivity index (χ2n) is 4.91. The van der Waals surface area contributed by atoms with E-state index in [0.29, 0.717) is 15.5 Å². The van der Waals surface area contributed by atoms with E-state index in [2.05, 4.69) is 17.5 Å². The highest BCUT2D eigenvalue weighted by atomic mass is 32.2. The van der Waals surface area contributed by atoms with Gasteiger partial charge >= 0.3 is 0 Å². The van der Waals surface area contributed by atoms with Gasteiger partial charge in [0.25, 0.3) is 5.91 Å². The maximum atomic E-state index is 12.5. The standard InChI is InChI=1S/C15H16N2O2S2/c18-15(12-3-1-6-17(19)11-12)16-7-5-14(21-10-8-16)13-4-2-9-20-13/h1-4,6,9,11,14H,5,7-8,10H2. The summed E-state index contributed by atoms with van der Waals surface area (Å²) in [5, 5.41) is 13.9. The van der Waals surface area contributed by atoms with Crippen molar-refractivity contribution in [3.05, 3.63) is 57.7 Å². The molecule has 0 spiro atoms. The third-order valence-electron chi connectivity index (χ3n) is 3.51. The summed E-state index contributed by atoms with van der Waals surface area (Å²) in [5.41, 5.74) is 0.465. The number of carbonyl (C=O) groups excluding carboxylic acids is 1. The first-order valence-electron chi connectivity index (χ1n) is 6.87. The Bertz CT molecular complexity index is 616. The van der Waals surface area contributed by atoms with Crippen LogP contribution in [0.4, 0.5) is 0 Å². The number of aromatic nitrogens is 1. The van der Waals surface area contributed by atoms with Crippen molar-refractivity contribution in [3.63, 3.8) is 0 Å². The fourth-order valence-corrected chi connectivity index (χ4v) is 4.68. The van der Waals surface area contributed by atoms with Crippen molar-refractivity contribution in [2.45, 2.75) is 11.7 Å². The van der Waals surface area contributed by atoms with Crippen molar-refractivity contribution in [2.24, 2.45) is 0 Å². The number of nitrogens with zero attached hydrogens (tertiary/aromatic N) is 2. The first-order chi connectivity index (χ1) is 10.2. The van der Waals surface area contributed by atoms with E-state index in [0.717, 1.165) is 25.3 Å². The smallest absolute Gasteiger partial charge is 0.259 e. The van der Waals surface area contributed by atoms with Gasteiger partial charge in [0.1, 0.15) is 5.56 Å². The van der Waals surface area contributed by atoms with Crippen LogP contribution in [0.25, 0.3) is 0 Å².